The molecule has 4 heterocycles. The van der Waals surface area contributed by atoms with Gasteiger partial charge < -0.3 is 25.2 Å². The van der Waals surface area contributed by atoms with E-state index < -0.39 is 0 Å². The first-order valence-corrected chi connectivity index (χ1v) is 14.6. The first kappa shape index (κ1) is 28.6. The molecule has 2 aromatic heterocycles. The molecule has 0 spiro atoms. The summed E-state index contributed by atoms with van der Waals surface area (Å²) >= 11 is 1.25. The van der Waals surface area contributed by atoms with Crippen LogP contribution in [0.15, 0.2) is 42.6 Å². The van der Waals surface area contributed by atoms with E-state index in [-0.39, 0.29) is 30.0 Å². The second-order valence-corrected chi connectivity index (χ2v) is 12.0. The van der Waals surface area contributed by atoms with Gasteiger partial charge in [-0.15, -0.1) is 11.3 Å². The number of hydrogen-bond donors (Lipinski definition) is 2. The van der Waals surface area contributed by atoms with Gasteiger partial charge in [-0.05, 0) is 77.5 Å². The Hall–Kier alpha value is -3.96. The number of anilines is 3. The third kappa shape index (κ3) is 6.06. The van der Waals surface area contributed by atoms with Crippen molar-refractivity contribution < 1.29 is 19.1 Å². The van der Waals surface area contributed by atoms with Gasteiger partial charge in [0.1, 0.15) is 15.5 Å². The molecule has 1 atom stereocenters. The molecule has 3 aromatic rings. The van der Waals surface area contributed by atoms with Crippen LogP contribution in [-0.4, -0.2) is 78.5 Å². The maximum absolute atomic E-state index is 13.5. The summed E-state index contributed by atoms with van der Waals surface area (Å²) < 4.78 is 5.82. The number of hydrogen-bond acceptors (Lipinski definition) is 7. The van der Waals surface area contributed by atoms with E-state index in [4.69, 9.17) is 4.74 Å². The summed E-state index contributed by atoms with van der Waals surface area (Å²) in [5, 5.41) is 6.79. The molecule has 1 aromatic carbocycles. The van der Waals surface area contributed by atoms with Gasteiger partial charge in [0.25, 0.3) is 5.91 Å². The number of pyridine rings is 1. The molecule has 2 aliphatic heterocycles. The van der Waals surface area contributed by atoms with Gasteiger partial charge in [0.2, 0.25) is 5.91 Å². The van der Waals surface area contributed by atoms with E-state index >= 15 is 0 Å². The third-order valence-corrected chi connectivity index (χ3v) is 8.13. The highest BCUT2D eigenvalue weighted by Crippen LogP contribution is 2.46. The number of ether oxygens (including phenoxy) is 1. The van der Waals surface area contributed by atoms with Crippen molar-refractivity contribution in [2.45, 2.75) is 45.8 Å². The number of carbonyl (C=O) groups excluding carboxylic acids is 3. The maximum atomic E-state index is 13.5. The van der Waals surface area contributed by atoms with E-state index in [0.29, 0.717) is 40.7 Å². The van der Waals surface area contributed by atoms with Crippen molar-refractivity contribution in [1.82, 2.24) is 20.1 Å². The zero-order valence-electron chi connectivity index (χ0n) is 24.1. The molecule has 41 heavy (non-hydrogen) atoms. The molecule has 0 bridgehead atoms. The van der Waals surface area contributed by atoms with Crippen LogP contribution in [0.25, 0.3) is 10.2 Å². The molecular formula is C30H36N6O4S. The Morgan fingerprint density at radius 3 is 2.80 bits per heavy atom. The van der Waals surface area contributed by atoms with Crippen LogP contribution in [0, 0.1) is 6.92 Å². The summed E-state index contributed by atoms with van der Waals surface area (Å²) in [5.41, 5.74) is 2.75. The quantitative estimate of drug-likeness (QED) is 0.369. The van der Waals surface area contributed by atoms with E-state index in [9.17, 15) is 14.4 Å². The van der Waals surface area contributed by atoms with E-state index in [1.807, 2.05) is 64.0 Å². The zero-order chi connectivity index (χ0) is 29.3. The van der Waals surface area contributed by atoms with E-state index in [1.165, 1.54) is 11.3 Å². The minimum atomic E-state index is -0.350. The summed E-state index contributed by atoms with van der Waals surface area (Å²) in [6.07, 6.45) is 6.72. The molecule has 2 N–H and O–H groups in total. The highest BCUT2D eigenvalue weighted by molar-refractivity contribution is 7.21. The SMILES string of the molecule is Cc1cc(OC(C)C)ccc1N1C(=O)Nc2c(C(=O)N[C@@H]3CCCN(C(=O)/C=C/CN(C)C)C3)sc3nccc1c23. The second kappa shape index (κ2) is 11.9. The number of carbonyl (C=O) groups is 3. The fraction of sp³-hybridized carbons (Fsp3) is 0.400. The van der Waals surface area contributed by atoms with Crippen molar-refractivity contribution in [2.24, 2.45) is 0 Å². The van der Waals surface area contributed by atoms with Gasteiger partial charge in [-0.1, -0.05) is 6.08 Å². The Bertz CT molecular complexity index is 1510. The monoisotopic (exact) mass is 576 g/mol. The normalized spacial score (nSPS) is 17.0. The molecular weight excluding hydrogens is 540 g/mol. The number of likely N-dealkylation sites (N-methyl/N-ethyl adjacent to an activating group) is 1. The van der Waals surface area contributed by atoms with Gasteiger partial charge in [-0.25, -0.2) is 9.78 Å². The number of nitrogens with one attached hydrogen (secondary N) is 2. The Morgan fingerprint density at radius 1 is 1.27 bits per heavy atom. The maximum Gasteiger partial charge on any atom is 0.331 e. The average Bonchev–Trinajstić information content (AvgIpc) is 3.29. The van der Waals surface area contributed by atoms with Crippen LogP contribution >= 0.6 is 11.3 Å². The zero-order valence-corrected chi connectivity index (χ0v) is 24.9. The summed E-state index contributed by atoms with van der Waals surface area (Å²) in [4.78, 5) is 50.6. The van der Waals surface area contributed by atoms with Crippen LogP contribution in [0.2, 0.25) is 0 Å². The second-order valence-electron chi connectivity index (χ2n) is 11.0. The molecule has 11 heteroatoms. The average molecular weight is 577 g/mol. The number of thiophene rings is 1. The van der Waals surface area contributed by atoms with E-state index in [0.717, 1.165) is 35.2 Å². The number of benzene rings is 1. The molecule has 1 saturated heterocycles. The highest BCUT2D eigenvalue weighted by atomic mass is 32.1. The van der Waals surface area contributed by atoms with Crippen molar-refractivity contribution in [1.29, 1.82) is 0 Å². The van der Waals surface area contributed by atoms with Crippen LogP contribution in [0.1, 0.15) is 41.9 Å². The summed E-state index contributed by atoms with van der Waals surface area (Å²) in [6, 6.07) is 6.90. The Balaban J connectivity index is 1.38. The molecule has 5 rings (SSSR count). The largest absolute Gasteiger partial charge is 0.491 e. The predicted octanol–water partition coefficient (Wildman–Crippen LogP) is 4.91. The molecule has 0 saturated carbocycles. The van der Waals surface area contributed by atoms with Crippen molar-refractivity contribution in [3.8, 4) is 5.75 Å². The van der Waals surface area contributed by atoms with Gasteiger partial charge >= 0.3 is 6.03 Å². The Labute approximate surface area is 244 Å². The van der Waals surface area contributed by atoms with Gasteiger partial charge in [0.05, 0.1) is 28.6 Å². The minimum absolute atomic E-state index is 0.0402. The smallest absolute Gasteiger partial charge is 0.331 e. The standard InChI is InChI=1S/C30H36N6O4S/c1-18(2)40-21-10-11-22(19(3)16-21)36-23-12-13-31-29-25(23)26(33-30(36)39)27(41-29)28(38)32-20-8-6-15-35(17-20)24(37)9-7-14-34(4)5/h7,9-13,16,18,20H,6,8,14-15,17H2,1-5H3,(H,32,38)(H,33,39)/b9-7+/t20-/m1/s1. The number of piperidine rings is 1. The first-order valence-electron chi connectivity index (χ1n) is 13.8. The number of likely N-dealkylation sites (tertiary alicyclic amines) is 1. The van der Waals surface area contributed by atoms with Crippen LogP contribution in [0.5, 0.6) is 5.75 Å². The van der Waals surface area contributed by atoms with Crippen LogP contribution < -0.4 is 20.3 Å². The summed E-state index contributed by atoms with van der Waals surface area (Å²) in [7, 11) is 3.89. The lowest BCUT2D eigenvalue weighted by molar-refractivity contribution is -0.127. The molecule has 0 unspecified atom stereocenters. The number of aryl methyl sites for hydroxylation is 1. The topological polar surface area (TPSA) is 107 Å². The third-order valence-electron chi connectivity index (χ3n) is 7.03. The Morgan fingerprint density at radius 2 is 2.07 bits per heavy atom. The molecule has 1 fully saturated rings. The van der Waals surface area contributed by atoms with E-state index in [1.54, 1.807) is 28.1 Å². The first-order chi connectivity index (χ1) is 19.6. The fourth-order valence-electron chi connectivity index (χ4n) is 5.22. The number of rotatable bonds is 8. The molecule has 10 nitrogen and oxygen atoms in total. The van der Waals surface area contributed by atoms with Crippen LogP contribution in [0.3, 0.4) is 0 Å². The lowest BCUT2D eigenvalue weighted by atomic mass is 10.0. The van der Waals surface area contributed by atoms with Crippen molar-refractivity contribution in [2.75, 3.05) is 43.9 Å². The Kier molecular flexibility index (Phi) is 8.27. The lowest BCUT2D eigenvalue weighted by Crippen LogP contribution is -2.49. The minimum Gasteiger partial charge on any atom is -0.491 e. The van der Waals surface area contributed by atoms with Gasteiger partial charge in [0, 0.05) is 37.9 Å². The molecule has 0 radical (unpaired) electrons. The predicted molar refractivity (Wildman–Crippen MR) is 162 cm³/mol. The van der Waals surface area contributed by atoms with Crippen molar-refractivity contribution >= 4 is 56.5 Å². The summed E-state index contributed by atoms with van der Waals surface area (Å²) in [5.74, 6) is 0.404. The molecule has 2 aliphatic rings. The number of nitrogens with zero attached hydrogens (tertiary/aromatic N) is 4. The van der Waals surface area contributed by atoms with Gasteiger partial charge in [-0.3, -0.25) is 14.5 Å². The molecule has 216 valence electrons. The van der Waals surface area contributed by atoms with Crippen molar-refractivity contribution in [3.63, 3.8) is 0 Å². The number of urea groups is 1. The van der Waals surface area contributed by atoms with Gasteiger partial charge in [0.15, 0.2) is 0 Å². The van der Waals surface area contributed by atoms with Crippen LogP contribution in [-0.2, 0) is 4.79 Å². The van der Waals surface area contributed by atoms with Crippen LogP contribution in [0.4, 0.5) is 21.9 Å². The van der Waals surface area contributed by atoms with Gasteiger partial charge in [-0.2, -0.15) is 0 Å². The van der Waals surface area contributed by atoms with E-state index in [2.05, 4.69) is 15.6 Å². The number of aromatic nitrogens is 1. The molecule has 4 amide bonds. The highest BCUT2D eigenvalue weighted by Gasteiger charge is 2.34. The molecule has 0 aliphatic carbocycles. The lowest BCUT2D eigenvalue weighted by Gasteiger charge is -2.32. The van der Waals surface area contributed by atoms with Crippen molar-refractivity contribution in [3.05, 3.63) is 53.1 Å². The number of amides is 4. The summed E-state index contributed by atoms with van der Waals surface area (Å²) in [6.45, 7) is 7.66. The fourth-order valence-corrected chi connectivity index (χ4v) is 6.25.